The molecule has 1 aliphatic rings. The minimum Gasteiger partial charge on any atom is -0.465 e. The summed E-state index contributed by atoms with van der Waals surface area (Å²) in [6, 6.07) is 13.6. The van der Waals surface area contributed by atoms with Crippen molar-refractivity contribution < 1.29 is 14.3 Å². The van der Waals surface area contributed by atoms with E-state index in [1.165, 1.54) is 12.7 Å². The lowest BCUT2D eigenvalue weighted by molar-refractivity contribution is -0.135. The second-order valence-electron chi connectivity index (χ2n) is 6.52. The number of carbonyl (C=O) groups is 2. The SMILES string of the molecule is CC[C@@H](C)C(=O)N1Cc2ccc(-c3ccccc3C(=O)OC)cc2C1. The van der Waals surface area contributed by atoms with Crippen LogP contribution >= 0.6 is 0 Å². The summed E-state index contributed by atoms with van der Waals surface area (Å²) < 4.78 is 4.89. The maximum absolute atomic E-state index is 12.4. The number of rotatable bonds is 4. The Kier molecular flexibility index (Phi) is 4.88. The van der Waals surface area contributed by atoms with Crippen molar-refractivity contribution in [3.8, 4) is 11.1 Å². The van der Waals surface area contributed by atoms with Crippen LogP contribution in [0.5, 0.6) is 0 Å². The Morgan fingerprint density at radius 3 is 2.56 bits per heavy atom. The molecule has 0 N–H and O–H groups in total. The molecule has 0 unspecified atom stereocenters. The van der Waals surface area contributed by atoms with Crippen LogP contribution in [0.4, 0.5) is 0 Å². The average molecular weight is 337 g/mol. The topological polar surface area (TPSA) is 46.6 Å². The summed E-state index contributed by atoms with van der Waals surface area (Å²) in [5.41, 5.74) is 4.70. The van der Waals surface area contributed by atoms with Crippen molar-refractivity contribution in [3.63, 3.8) is 0 Å². The fourth-order valence-corrected chi connectivity index (χ4v) is 3.23. The van der Waals surface area contributed by atoms with Gasteiger partial charge in [-0.25, -0.2) is 4.79 Å². The van der Waals surface area contributed by atoms with E-state index in [2.05, 4.69) is 12.1 Å². The number of ether oxygens (including phenoxy) is 1. The molecule has 0 radical (unpaired) electrons. The Hall–Kier alpha value is -2.62. The second-order valence-corrected chi connectivity index (χ2v) is 6.52. The van der Waals surface area contributed by atoms with E-state index in [-0.39, 0.29) is 17.8 Å². The Morgan fingerprint density at radius 1 is 1.12 bits per heavy atom. The van der Waals surface area contributed by atoms with Crippen LogP contribution in [0.2, 0.25) is 0 Å². The number of methoxy groups -OCH3 is 1. The monoisotopic (exact) mass is 337 g/mol. The van der Waals surface area contributed by atoms with Gasteiger partial charge in [-0.2, -0.15) is 0 Å². The van der Waals surface area contributed by atoms with Gasteiger partial charge in [-0.1, -0.05) is 44.2 Å². The molecule has 1 heterocycles. The molecule has 4 heteroatoms. The largest absolute Gasteiger partial charge is 0.465 e. The number of amides is 1. The van der Waals surface area contributed by atoms with Crippen LogP contribution in [0.1, 0.15) is 41.8 Å². The summed E-state index contributed by atoms with van der Waals surface area (Å²) >= 11 is 0. The van der Waals surface area contributed by atoms with E-state index in [1.807, 2.05) is 43.0 Å². The highest BCUT2D eigenvalue weighted by atomic mass is 16.5. The molecule has 2 aromatic carbocycles. The van der Waals surface area contributed by atoms with Gasteiger partial charge in [0, 0.05) is 19.0 Å². The molecular formula is C21H23NO3. The third kappa shape index (κ3) is 3.29. The number of carbonyl (C=O) groups excluding carboxylic acids is 2. The number of hydrogen-bond acceptors (Lipinski definition) is 3. The molecule has 0 saturated heterocycles. The van der Waals surface area contributed by atoms with Crippen molar-refractivity contribution in [2.75, 3.05) is 7.11 Å². The van der Waals surface area contributed by atoms with Crippen LogP contribution in [-0.4, -0.2) is 23.9 Å². The van der Waals surface area contributed by atoms with E-state index in [1.54, 1.807) is 6.07 Å². The zero-order valence-corrected chi connectivity index (χ0v) is 14.9. The summed E-state index contributed by atoms with van der Waals surface area (Å²) in [7, 11) is 1.39. The third-order valence-corrected chi connectivity index (χ3v) is 4.92. The van der Waals surface area contributed by atoms with Crippen LogP contribution in [0.15, 0.2) is 42.5 Å². The molecule has 0 fully saturated rings. The van der Waals surface area contributed by atoms with Gasteiger partial charge in [0.25, 0.3) is 0 Å². The molecule has 25 heavy (non-hydrogen) atoms. The quantitative estimate of drug-likeness (QED) is 0.792. The highest BCUT2D eigenvalue weighted by molar-refractivity contribution is 5.97. The second kappa shape index (κ2) is 7.09. The first-order chi connectivity index (χ1) is 12.0. The maximum atomic E-state index is 12.4. The van der Waals surface area contributed by atoms with Crippen molar-refractivity contribution >= 4 is 11.9 Å². The van der Waals surface area contributed by atoms with Gasteiger partial charge < -0.3 is 9.64 Å². The molecule has 1 atom stereocenters. The normalized spacial score (nSPS) is 14.1. The van der Waals surface area contributed by atoms with Gasteiger partial charge in [-0.15, -0.1) is 0 Å². The first-order valence-electron chi connectivity index (χ1n) is 8.63. The number of hydrogen-bond donors (Lipinski definition) is 0. The maximum Gasteiger partial charge on any atom is 0.338 e. The van der Waals surface area contributed by atoms with Gasteiger partial charge in [0.1, 0.15) is 0 Å². The highest BCUT2D eigenvalue weighted by Gasteiger charge is 2.26. The summed E-state index contributed by atoms with van der Waals surface area (Å²) in [4.78, 5) is 26.4. The van der Waals surface area contributed by atoms with Gasteiger partial charge in [0.2, 0.25) is 5.91 Å². The molecule has 1 amide bonds. The molecule has 0 saturated carbocycles. The first-order valence-corrected chi connectivity index (χ1v) is 8.63. The summed E-state index contributed by atoms with van der Waals surface area (Å²) in [6.45, 7) is 5.31. The lowest BCUT2D eigenvalue weighted by Crippen LogP contribution is -2.30. The minimum absolute atomic E-state index is 0.0498. The van der Waals surface area contributed by atoms with Crippen molar-refractivity contribution in [2.24, 2.45) is 5.92 Å². The Morgan fingerprint density at radius 2 is 1.84 bits per heavy atom. The lowest BCUT2D eigenvalue weighted by Gasteiger charge is -2.19. The van der Waals surface area contributed by atoms with Crippen LogP contribution in [0, 0.1) is 5.92 Å². The van der Waals surface area contributed by atoms with Crippen LogP contribution in [0.3, 0.4) is 0 Å². The van der Waals surface area contributed by atoms with Crippen molar-refractivity contribution in [1.29, 1.82) is 0 Å². The number of esters is 1. The summed E-state index contributed by atoms with van der Waals surface area (Å²) in [6.07, 6.45) is 0.851. The molecule has 1 aliphatic heterocycles. The smallest absolute Gasteiger partial charge is 0.338 e. The molecule has 0 aliphatic carbocycles. The Bertz CT molecular complexity index is 813. The van der Waals surface area contributed by atoms with E-state index in [0.29, 0.717) is 18.7 Å². The Balaban J connectivity index is 1.91. The fraction of sp³-hybridized carbons (Fsp3) is 0.333. The lowest BCUT2D eigenvalue weighted by atomic mass is 9.96. The van der Waals surface area contributed by atoms with Crippen LogP contribution < -0.4 is 0 Å². The highest BCUT2D eigenvalue weighted by Crippen LogP contribution is 2.31. The molecular weight excluding hydrogens is 314 g/mol. The third-order valence-electron chi connectivity index (χ3n) is 4.92. The van der Waals surface area contributed by atoms with E-state index < -0.39 is 0 Å². The van der Waals surface area contributed by atoms with Crippen LogP contribution in [0.25, 0.3) is 11.1 Å². The fourth-order valence-electron chi connectivity index (χ4n) is 3.23. The molecule has 2 aromatic rings. The van der Waals surface area contributed by atoms with Crippen molar-refractivity contribution in [2.45, 2.75) is 33.4 Å². The first kappa shape index (κ1) is 17.2. The molecule has 4 nitrogen and oxygen atoms in total. The summed E-state index contributed by atoms with van der Waals surface area (Å²) in [5.74, 6) is -0.0892. The van der Waals surface area contributed by atoms with Gasteiger partial charge in [-0.05, 0) is 40.8 Å². The number of benzene rings is 2. The molecule has 130 valence electrons. The van der Waals surface area contributed by atoms with Crippen LogP contribution in [-0.2, 0) is 22.6 Å². The number of nitrogens with zero attached hydrogens (tertiary/aromatic N) is 1. The number of fused-ring (bicyclic) bond motifs is 1. The predicted molar refractivity (Wildman–Crippen MR) is 96.9 cm³/mol. The van der Waals surface area contributed by atoms with E-state index in [0.717, 1.165) is 23.1 Å². The zero-order chi connectivity index (χ0) is 18.0. The van der Waals surface area contributed by atoms with E-state index in [9.17, 15) is 9.59 Å². The van der Waals surface area contributed by atoms with Crippen molar-refractivity contribution in [3.05, 3.63) is 59.2 Å². The van der Waals surface area contributed by atoms with Gasteiger partial charge in [-0.3, -0.25) is 4.79 Å². The van der Waals surface area contributed by atoms with E-state index in [4.69, 9.17) is 4.74 Å². The minimum atomic E-state index is -0.343. The molecule has 0 aromatic heterocycles. The zero-order valence-electron chi connectivity index (χ0n) is 14.9. The van der Waals surface area contributed by atoms with Gasteiger partial charge in [0.15, 0.2) is 0 Å². The molecule has 3 rings (SSSR count). The van der Waals surface area contributed by atoms with Gasteiger partial charge >= 0.3 is 5.97 Å². The van der Waals surface area contributed by atoms with Crippen molar-refractivity contribution in [1.82, 2.24) is 4.90 Å². The predicted octanol–water partition coefficient (Wildman–Crippen LogP) is 4.03. The molecule has 0 bridgehead atoms. The standard InChI is InChI=1S/C21H23NO3/c1-4-14(2)20(23)22-12-16-10-9-15(11-17(16)13-22)18-7-5-6-8-19(18)21(24)25-3/h5-11,14H,4,12-13H2,1-3H3/t14-/m1/s1. The summed E-state index contributed by atoms with van der Waals surface area (Å²) in [5, 5.41) is 0. The van der Waals surface area contributed by atoms with Gasteiger partial charge in [0.05, 0.1) is 12.7 Å². The molecule has 0 spiro atoms. The Labute approximate surface area is 148 Å². The average Bonchev–Trinajstić information content (AvgIpc) is 3.09. The van der Waals surface area contributed by atoms with E-state index >= 15 is 0 Å².